The van der Waals surface area contributed by atoms with Gasteiger partial charge in [0.05, 0.1) is 4.92 Å². The number of carboxylic acid groups (broad SMARTS) is 1. The maximum absolute atomic E-state index is 11.8. The van der Waals surface area contributed by atoms with Gasteiger partial charge in [-0.2, -0.15) is 0 Å². The summed E-state index contributed by atoms with van der Waals surface area (Å²) in [6.45, 7) is 4.92. The van der Waals surface area contributed by atoms with Crippen LogP contribution in [0.1, 0.15) is 31.1 Å². The zero-order valence-corrected chi connectivity index (χ0v) is 11.9. The van der Waals surface area contributed by atoms with Crippen molar-refractivity contribution in [2.45, 2.75) is 32.9 Å². The summed E-state index contributed by atoms with van der Waals surface area (Å²) >= 11 is 0. The third-order valence-electron chi connectivity index (χ3n) is 2.62. The van der Waals surface area contributed by atoms with Crippen molar-refractivity contribution in [3.63, 3.8) is 0 Å². The third kappa shape index (κ3) is 4.44. The number of nitro groups is 1. The average Bonchev–Trinajstić information content (AvgIpc) is 2.37. The van der Waals surface area contributed by atoms with Gasteiger partial charge in [0.15, 0.2) is 0 Å². The highest BCUT2D eigenvalue weighted by Crippen LogP contribution is 2.26. The van der Waals surface area contributed by atoms with E-state index in [2.05, 4.69) is 10.6 Å². The fourth-order valence-electron chi connectivity index (χ4n) is 1.59. The van der Waals surface area contributed by atoms with Gasteiger partial charge in [-0.05, 0) is 32.9 Å². The van der Waals surface area contributed by atoms with Gasteiger partial charge in [0.2, 0.25) is 0 Å². The molecule has 1 aromatic carbocycles. The molecule has 0 fully saturated rings. The lowest BCUT2D eigenvalue weighted by atomic mass is 10.1. The lowest BCUT2D eigenvalue weighted by Gasteiger charge is -2.12. The van der Waals surface area contributed by atoms with Crippen molar-refractivity contribution in [1.29, 1.82) is 0 Å². The zero-order chi connectivity index (χ0) is 16.2. The van der Waals surface area contributed by atoms with Gasteiger partial charge in [0.1, 0.15) is 11.7 Å². The van der Waals surface area contributed by atoms with Crippen molar-refractivity contribution < 1.29 is 19.6 Å². The van der Waals surface area contributed by atoms with Gasteiger partial charge in [-0.1, -0.05) is 0 Å². The van der Waals surface area contributed by atoms with Crippen LogP contribution in [0.3, 0.4) is 0 Å². The van der Waals surface area contributed by atoms with Crippen LogP contribution in [-0.2, 0) is 4.79 Å². The molecule has 0 heterocycles. The summed E-state index contributed by atoms with van der Waals surface area (Å²) in [5, 5.41) is 25.0. The minimum Gasteiger partial charge on any atom is -0.480 e. The second-order valence-electron chi connectivity index (χ2n) is 4.82. The van der Waals surface area contributed by atoms with E-state index in [4.69, 9.17) is 5.11 Å². The van der Waals surface area contributed by atoms with Crippen LogP contribution in [0.25, 0.3) is 0 Å². The van der Waals surface area contributed by atoms with Gasteiger partial charge in [-0.3, -0.25) is 19.7 Å². The van der Waals surface area contributed by atoms with E-state index < -0.39 is 22.8 Å². The molecule has 1 aromatic rings. The number of nitrogens with zero attached hydrogens (tertiary/aromatic N) is 1. The molecule has 0 saturated heterocycles. The quantitative estimate of drug-likeness (QED) is 0.541. The normalized spacial score (nSPS) is 11.8. The van der Waals surface area contributed by atoms with Gasteiger partial charge in [-0.25, -0.2) is 0 Å². The van der Waals surface area contributed by atoms with Gasteiger partial charge >= 0.3 is 5.97 Å². The van der Waals surface area contributed by atoms with Gasteiger partial charge in [0.25, 0.3) is 11.6 Å². The molecule has 1 rings (SSSR count). The summed E-state index contributed by atoms with van der Waals surface area (Å²) in [6, 6.07) is 2.77. The Morgan fingerprint density at radius 2 is 1.90 bits per heavy atom. The van der Waals surface area contributed by atoms with E-state index in [0.717, 1.165) is 6.07 Å². The molecule has 21 heavy (non-hydrogen) atoms. The van der Waals surface area contributed by atoms with Crippen molar-refractivity contribution in [1.82, 2.24) is 5.32 Å². The molecule has 1 amide bonds. The second kappa shape index (κ2) is 6.69. The monoisotopic (exact) mass is 295 g/mol. The SMILES string of the molecule is CC(C)NC(=O)c1ccc(NC(C)C(=O)O)c([N+](=O)[O-])c1. The first-order valence-electron chi connectivity index (χ1n) is 6.31. The van der Waals surface area contributed by atoms with Crippen LogP contribution < -0.4 is 10.6 Å². The average molecular weight is 295 g/mol. The van der Waals surface area contributed by atoms with Crippen molar-refractivity contribution >= 4 is 23.3 Å². The van der Waals surface area contributed by atoms with Crippen LogP contribution in [-0.4, -0.2) is 34.0 Å². The molecule has 8 heteroatoms. The van der Waals surface area contributed by atoms with Crippen molar-refractivity contribution in [3.05, 3.63) is 33.9 Å². The smallest absolute Gasteiger partial charge is 0.325 e. The highest BCUT2D eigenvalue weighted by atomic mass is 16.6. The van der Waals surface area contributed by atoms with Gasteiger partial charge < -0.3 is 15.7 Å². The van der Waals surface area contributed by atoms with E-state index >= 15 is 0 Å². The molecule has 0 aliphatic carbocycles. The van der Waals surface area contributed by atoms with Gasteiger partial charge in [-0.15, -0.1) is 0 Å². The molecule has 0 spiro atoms. The summed E-state index contributed by atoms with van der Waals surface area (Å²) in [5.74, 6) is -1.56. The Morgan fingerprint density at radius 3 is 2.38 bits per heavy atom. The number of nitrogens with one attached hydrogen (secondary N) is 2. The Kier molecular flexibility index (Phi) is 5.23. The number of carbonyl (C=O) groups excluding carboxylic acids is 1. The predicted molar refractivity (Wildman–Crippen MR) is 76.4 cm³/mol. The fourth-order valence-corrected chi connectivity index (χ4v) is 1.59. The van der Waals surface area contributed by atoms with E-state index in [1.165, 1.54) is 19.1 Å². The molecule has 3 N–H and O–H groups in total. The van der Waals surface area contributed by atoms with Crippen LogP contribution in [0.2, 0.25) is 0 Å². The Balaban J connectivity index is 3.10. The maximum Gasteiger partial charge on any atom is 0.325 e. The third-order valence-corrected chi connectivity index (χ3v) is 2.62. The topological polar surface area (TPSA) is 122 Å². The van der Waals surface area contributed by atoms with Crippen LogP contribution in [0, 0.1) is 10.1 Å². The van der Waals surface area contributed by atoms with Crippen molar-refractivity contribution in [3.8, 4) is 0 Å². The standard InChI is InChI=1S/C13H17N3O5/c1-7(2)14-12(17)9-4-5-10(11(6-9)16(20)21)15-8(3)13(18)19/h4-8,15H,1-3H3,(H,14,17)(H,18,19). The number of hydrogen-bond donors (Lipinski definition) is 3. The summed E-state index contributed by atoms with van der Waals surface area (Å²) < 4.78 is 0. The highest BCUT2D eigenvalue weighted by molar-refractivity contribution is 5.96. The first kappa shape index (κ1) is 16.4. The molecule has 114 valence electrons. The number of anilines is 1. The number of amides is 1. The van der Waals surface area contributed by atoms with E-state index in [0.29, 0.717) is 0 Å². The molecule has 0 radical (unpaired) electrons. The molecular formula is C13H17N3O5. The first-order chi connectivity index (χ1) is 9.72. The Labute approximate surface area is 121 Å². The Morgan fingerprint density at radius 1 is 1.29 bits per heavy atom. The molecule has 0 aliphatic rings. The molecular weight excluding hydrogens is 278 g/mol. The number of hydrogen-bond acceptors (Lipinski definition) is 5. The lowest BCUT2D eigenvalue weighted by molar-refractivity contribution is -0.384. The summed E-state index contributed by atoms with van der Waals surface area (Å²) in [6.07, 6.45) is 0. The van der Waals surface area contributed by atoms with Crippen LogP contribution >= 0.6 is 0 Å². The van der Waals surface area contributed by atoms with E-state index in [9.17, 15) is 19.7 Å². The maximum atomic E-state index is 11.8. The Hall–Kier alpha value is -2.64. The molecule has 0 aliphatic heterocycles. The zero-order valence-electron chi connectivity index (χ0n) is 11.9. The minimum absolute atomic E-state index is 0.0518. The number of rotatable bonds is 6. The minimum atomic E-state index is -1.13. The van der Waals surface area contributed by atoms with E-state index in [1.807, 2.05) is 0 Å². The molecule has 1 atom stereocenters. The number of carboxylic acids is 1. The summed E-state index contributed by atoms with van der Waals surface area (Å²) in [7, 11) is 0. The number of carbonyl (C=O) groups is 2. The summed E-state index contributed by atoms with van der Waals surface area (Å²) in [4.78, 5) is 33.0. The number of aliphatic carboxylic acids is 1. The largest absolute Gasteiger partial charge is 0.480 e. The predicted octanol–water partition coefficient (Wildman–Crippen LogP) is 1.62. The molecule has 1 unspecified atom stereocenters. The molecule has 0 bridgehead atoms. The Bertz CT molecular complexity index is 571. The van der Waals surface area contributed by atoms with Crippen LogP contribution in [0.5, 0.6) is 0 Å². The highest BCUT2D eigenvalue weighted by Gasteiger charge is 2.21. The van der Waals surface area contributed by atoms with Crippen molar-refractivity contribution in [2.75, 3.05) is 5.32 Å². The molecule has 0 aromatic heterocycles. The molecule has 0 saturated carbocycles. The lowest BCUT2D eigenvalue weighted by Crippen LogP contribution is -2.30. The van der Waals surface area contributed by atoms with E-state index in [1.54, 1.807) is 13.8 Å². The van der Waals surface area contributed by atoms with Crippen molar-refractivity contribution in [2.24, 2.45) is 0 Å². The number of nitro benzene ring substituents is 1. The fraction of sp³-hybridized carbons (Fsp3) is 0.385. The second-order valence-corrected chi connectivity index (χ2v) is 4.82. The molecule has 8 nitrogen and oxygen atoms in total. The number of benzene rings is 1. The van der Waals surface area contributed by atoms with Gasteiger partial charge in [0, 0.05) is 17.7 Å². The van der Waals surface area contributed by atoms with Crippen LogP contribution in [0.15, 0.2) is 18.2 Å². The first-order valence-corrected chi connectivity index (χ1v) is 6.31. The van der Waals surface area contributed by atoms with Crippen LogP contribution in [0.4, 0.5) is 11.4 Å². The summed E-state index contributed by atoms with van der Waals surface area (Å²) in [5.41, 5.74) is -0.153. The van der Waals surface area contributed by atoms with E-state index in [-0.39, 0.29) is 23.0 Å².